The minimum absolute atomic E-state index is 0.127. The molecule has 3 nitrogen and oxygen atoms in total. The van der Waals surface area contributed by atoms with E-state index < -0.39 is 0 Å². The first kappa shape index (κ1) is 14.9. The molecule has 4 rings (SSSR count). The summed E-state index contributed by atoms with van der Waals surface area (Å²) in [7, 11) is 1.39. The Bertz CT molecular complexity index is 813. The van der Waals surface area contributed by atoms with Crippen LogP contribution in [0.2, 0.25) is 0 Å². The molecule has 1 aliphatic heterocycles. The molecule has 0 amide bonds. The van der Waals surface area contributed by atoms with Crippen molar-refractivity contribution in [2.75, 3.05) is 12.4 Å². The highest BCUT2D eigenvalue weighted by Crippen LogP contribution is 2.49. The van der Waals surface area contributed by atoms with Crippen LogP contribution in [0.3, 0.4) is 0 Å². The van der Waals surface area contributed by atoms with Crippen LogP contribution >= 0.6 is 0 Å². The molecular weight excluding hydrogens is 305 g/mol. The van der Waals surface area contributed by atoms with Gasteiger partial charge in [0.1, 0.15) is 5.82 Å². The number of esters is 1. The number of halogens is 1. The SMILES string of the molecule is COC(=O)c1ccc2c(c1)[C@@H]1C=CC[C@@H]1[C@@H](c1ccc(F)cc1)N2. The Labute approximate surface area is 140 Å². The van der Waals surface area contributed by atoms with Gasteiger partial charge >= 0.3 is 5.97 Å². The summed E-state index contributed by atoms with van der Waals surface area (Å²) >= 11 is 0. The van der Waals surface area contributed by atoms with Crippen LogP contribution in [0, 0.1) is 11.7 Å². The molecule has 24 heavy (non-hydrogen) atoms. The second-order valence-corrected chi connectivity index (χ2v) is 6.32. The first-order chi connectivity index (χ1) is 11.7. The van der Waals surface area contributed by atoms with E-state index in [2.05, 4.69) is 17.5 Å². The van der Waals surface area contributed by atoms with Gasteiger partial charge in [0.15, 0.2) is 0 Å². The van der Waals surface area contributed by atoms with Gasteiger partial charge in [0, 0.05) is 11.6 Å². The summed E-state index contributed by atoms with van der Waals surface area (Å²) in [4.78, 5) is 11.8. The van der Waals surface area contributed by atoms with Crippen LogP contribution in [-0.2, 0) is 4.74 Å². The average Bonchev–Trinajstić information content (AvgIpc) is 3.11. The minimum atomic E-state index is -0.322. The monoisotopic (exact) mass is 323 g/mol. The van der Waals surface area contributed by atoms with E-state index in [0.717, 1.165) is 23.2 Å². The lowest BCUT2D eigenvalue weighted by Crippen LogP contribution is -2.29. The van der Waals surface area contributed by atoms with Gasteiger partial charge in [0.05, 0.1) is 18.7 Å². The number of fused-ring (bicyclic) bond motifs is 3. The van der Waals surface area contributed by atoms with E-state index in [1.807, 2.05) is 24.3 Å². The maximum Gasteiger partial charge on any atom is 0.337 e. The van der Waals surface area contributed by atoms with Gasteiger partial charge in [0.25, 0.3) is 0 Å². The molecule has 0 saturated heterocycles. The number of nitrogens with one attached hydrogen (secondary N) is 1. The molecule has 122 valence electrons. The molecule has 1 aliphatic carbocycles. The number of benzene rings is 2. The van der Waals surface area contributed by atoms with Crippen molar-refractivity contribution in [2.45, 2.75) is 18.4 Å². The normalized spacial score (nSPS) is 24.0. The first-order valence-electron chi connectivity index (χ1n) is 8.08. The number of carbonyl (C=O) groups excluding carboxylic acids is 1. The third-order valence-corrected chi connectivity index (χ3v) is 5.01. The second kappa shape index (κ2) is 5.78. The lowest BCUT2D eigenvalue weighted by atomic mass is 9.76. The van der Waals surface area contributed by atoms with Gasteiger partial charge in [-0.2, -0.15) is 0 Å². The van der Waals surface area contributed by atoms with E-state index in [0.29, 0.717) is 11.5 Å². The molecule has 2 aliphatic rings. The van der Waals surface area contributed by atoms with Crippen molar-refractivity contribution in [3.8, 4) is 0 Å². The van der Waals surface area contributed by atoms with Crippen LogP contribution in [0.4, 0.5) is 10.1 Å². The third kappa shape index (κ3) is 2.39. The zero-order valence-corrected chi connectivity index (χ0v) is 13.3. The van der Waals surface area contributed by atoms with E-state index in [4.69, 9.17) is 4.74 Å². The number of allylic oxidation sites excluding steroid dienone is 2. The Morgan fingerprint density at radius 3 is 2.75 bits per heavy atom. The molecule has 0 fully saturated rings. The predicted octanol–water partition coefficient (Wildman–Crippen LogP) is 4.44. The zero-order chi connectivity index (χ0) is 16.7. The number of ether oxygens (including phenoxy) is 1. The fourth-order valence-corrected chi connectivity index (χ4v) is 3.84. The highest BCUT2D eigenvalue weighted by molar-refractivity contribution is 5.90. The summed E-state index contributed by atoms with van der Waals surface area (Å²) in [6.45, 7) is 0. The molecule has 0 radical (unpaired) electrons. The van der Waals surface area contributed by atoms with Gasteiger partial charge in [-0.3, -0.25) is 0 Å². The second-order valence-electron chi connectivity index (χ2n) is 6.32. The number of hydrogen-bond donors (Lipinski definition) is 1. The minimum Gasteiger partial charge on any atom is -0.465 e. The van der Waals surface area contributed by atoms with Crippen LogP contribution in [-0.4, -0.2) is 13.1 Å². The number of carbonyl (C=O) groups is 1. The van der Waals surface area contributed by atoms with Crippen molar-refractivity contribution in [3.63, 3.8) is 0 Å². The van der Waals surface area contributed by atoms with Crippen LogP contribution in [0.15, 0.2) is 54.6 Å². The highest BCUT2D eigenvalue weighted by Gasteiger charge is 2.38. The number of methoxy groups -OCH3 is 1. The molecule has 0 saturated carbocycles. The van der Waals surface area contributed by atoms with E-state index in [1.54, 1.807) is 6.07 Å². The standard InChI is InChI=1S/C20H18FNO2/c1-24-20(23)13-7-10-18-17(11-13)15-3-2-4-16(15)19(22-18)12-5-8-14(21)9-6-12/h2-3,5-11,15-16,19,22H,4H2,1H3/t15-,16+,19-/m1/s1. The van der Waals surface area contributed by atoms with Crippen molar-refractivity contribution in [2.24, 2.45) is 5.92 Å². The number of anilines is 1. The predicted molar refractivity (Wildman–Crippen MR) is 90.5 cm³/mol. The lowest BCUT2D eigenvalue weighted by Gasteiger charge is -2.37. The first-order valence-corrected chi connectivity index (χ1v) is 8.08. The Balaban J connectivity index is 1.74. The molecule has 0 bridgehead atoms. The summed E-state index contributed by atoms with van der Waals surface area (Å²) in [6.07, 6.45) is 5.36. The Hall–Kier alpha value is -2.62. The van der Waals surface area contributed by atoms with E-state index in [-0.39, 0.29) is 23.7 Å². The molecule has 2 aromatic carbocycles. The van der Waals surface area contributed by atoms with Gasteiger partial charge in [0.2, 0.25) is 0 Å². The fourth-order valence-electron chi connectivity index (χ4n) is 3.84. The van der Waals surface area contributed by atoms with Crippen molar-refractivity contribution >= 4 is 11.7 Å². The van der Waals surface area contributed by atoms with Crippen LogP contribution in [0.25, 0.3) is 0 Å². The molecule has 3 atom stereocenters. The van der Waals surface area contributed by atoms with E-state index in [9.17, 15) is 9.18 Å². The smallest absolute Gasteiger partial charge is 0.337 e. The Kier molecular flexibility index (Phi) is 3.60. The highest BCUT2D eigenvalue weighted by atomic mass is 19.1. The van der Waals surface area contributed by atoms with Gasteiger partial charge in [-0.25, -0.2) is 9.18 Å². The van der Waals surface area contributed by atoms with Gasteiger partial charge < -0.3 is 10.1 Å². The quantitative estimate of drug-likeness (QED) is 0.656. The van der Waals surface area contributed by atoms with Crippen LogP contribution in [0.5, 0.6) is 0 Å². The van der Waals surface area contributed by atoms with Crippen molar-refractivity contribution < 1.29 is 13.9 Å². The fraction of sp³-hybridized carbons (Fsp3) is 0.250. The summed E-state index contributed by atoms with van der Waals surface area (Å²) in [5.74, 6) is 0.0625. The third-order valence-electron chi connectivity index (χ3n) is 5.01. The van der Waals surface area contributed by atoms with Crippen molar-refractivity contribution in [1.29, 1.82) is 0 Å². The maximum atomic E-state index is 13.2. The van der Waals surface area contributed by atoms with Crippen LogP contribution in [0.1, 0.15) is 39.9 Å². The van der Waals surface area contributed by atoms with E-state index >= 15 is 0 Å². The Morgan fingerprint density at radius 2 is 2.00 bits per heavy atom. The summed E-state index contributed by atoms with van der Waals surface area (Å²) in [5.41, 5.74) is 3.79. The number of hydrogen-bond acceptors (Lipinski definition) is 3. The summed E-state index contributed by atoms with van der Waals surface area (Å²) < 4.78 is 18.1. The van der Waals surface area contributed by atoms with Crippen LogP contribution < -0.4 is 5.32 Å². The molecular formula is C20H18FNO2. The molecule has 2 aromatic rings. The number of rotatable bonds is 2. The maximum absolute atomic E-state index is 13.2. The molecule has 4 heteroatoms. The van der Waals surface area contributed by atoms with Crippen molar-refractivity contribution in [3.05, 3.63) is 77.1 Å². The topological polar surface area (TPSA) is 38.3 Å². The zero-order valence-electron chi connectivity index (χ0n) is 13.3. The molecule has 1 heterocycles. The molecule has 0 aromatic heterocycles. The lowest BCUT2D eigenvalue weighted by molar-refractivity contribution is 0.0600. The molecule has 1 N–H and O–H groups in total. The van der Waals surface area contributed by atoms with Gasteiger partial charge in [-0.05, 0) is 53.8 Å². The Morgan fingerprint density at radius 1 is 1.21 bits per heavy atom. The van der Waals surface area contributed by atoms with Crippen molar-refractivity contribution in [1.82, 2.24) is 0 Å². The molecule has 0 unspecified atom stereocenters. The molecule has 0 spiro atoms. The summed E-state index contributed by atoms with van der Waals surface area (Å²) in [6, 6.07) is 12.4. The van der Waals surface area contributed by atoms with Gasteiger partial charge in [-0.1, -0.05) is 24.3 Å². The summed E-state index contributed by atoms with van der Waals surface area (Å²) in [5, 5.41) is 3.57. The van der Waals surface area contributed by atoms with E-state index in [1.165, 1.54) is 19.2 Å². The largest absolute Gasteiger partial charge is 0.465 e. The van der Waals surface area contributed by atoms with Gasteiger partial charge in [-0.15, -0.1) is 0 Å². The average molecular weight is 323 g/mol.